The van der Waals surface area contributed by atoms with E-state index in [1.54, 1.807) is 6.08 Å². The summed E-state index contributed by atoms with van der Waals surface area (Å²) in [7, 11) is 0. The van der Waals surface area contributed by atoms with Crippen molar-refractivity contribution in [3.8, 4) is 0 Å². The molecule has 0 N–H and O–H groups in total. The van der Waals surface area contributed by atoms with E-state index in [9.17, 15) is 4.79 Å². The maximum atomic E-state index is 11.5. The summed E-state index contributed by atoms with van der Waals surface area (Å²) in [5.74, 6) is 0.258. The Bertz CT molecular complexity index is 282. The molecule has 84 valence electrons. The lowest BCUT2D eigenvalue weighted by atomic mass is 9.86. The first-order valence-electron chi connectivity index (χ1n) is 5.87. The Morgan fingerprint density at radius 2 is 2.00 bits per heavy atom. The van der Waals surface area contributed by atoms with Gasteiger partial charge >= 0.3 is 0 Å². The Morgan fingerprint density at radius 3 is 2.73 bits per heavy atom. The van der Waals surface area contributed by atoms with Gasteiger partial charge in [0.1, 0.15) is 0 Å². The van der Waals surface area contributed by atoms with Gasteiger partial charge in [0.15, 0.2) is 5.78 Å². The lowest BCUT2D eigenvalue weighted by molar-refractivity contribution is -0.114. The van der Waals surface area contributed by atoms with Crippen LogP contribution in [0.4, 0.5) is 0 Å². The van der Waals surface area contributed by atoms with E-state index in [0.717, 1.165) is 12.8 Å². The van der Waals surface area contributed by atoms with Crippen molar-refractivity contribution in [3.63, 3.8) is 0 Å². The van der Waals surface area contributed by atoms with Gasteiger partial charge in [0.25, 0.3) is 0 Å². The molecule has 0 amide bonds. The number of rotatable bonds is 0. The Morgan fingerprint density at radius 1 is 1.27 bits per heavy atom. The van der Waals surface area contributed by atoms with Crippen molar-refractivity contribution < 1.29 is 4.79 Å². The van der Waals surface area contributed by atoms with Crippen LogP contribution in [0.2, 0.25) is 0 Å². The topological polar surface area (TPSA) is 17.1 Å². The summed E-state index contributed by atoms with van der Waals surface area (Å²) in [4.78, 5) is 11.5. The third-order valence-electron chi connectivity index (χ3n) is 3.00. The summed E-state index contributed by atoms with van der Waals surface area (Å²) >= 11 is 0. The van der Waals surface area contributed by atoms with Crippen LogP contribution in [-0.2, 0) is 4.79 Å². The number of carbonyl (C=O) groups excluding carboxylic acids is 1. The molecule has 1 heteroatoms. The molecule has 0 radical (unpaired) electrons. The quantitative estimate of drug-likeness (QED) is 0.546. The van der Waals surface area contributed by atoms with E-state index in [-0.39, 0.29) is 11.2 Å². The molecule has 0 heterocycles. The molecule has 0 aliphatic heterocycles. The first-order valence-corrected chi connectivity index (χ1v) is 5.87. The molecule has 1 aliphatic carbocycles. The molecular formula is C14H22O. The second kappa shape index (κ2) is 5.29. The van der Waals surface area contributed by atoms with Crippen molar-refractivity contribution >= 4 is 5.78 Å². The maximum absolute atomic E-state index is 11.5. The molecule has 1 aliphatic rings. The van der Waals surface area contributed by atoms with Gasteiger partial charge in [-0.15, -0.1) is 0 Å². The molecule has 15 heavy (non-hydrogen) atoms. The van der Waals surface area contributed by atoms with Gasteiger partial charge < -0.3 is 0 Å². The van der Waals surface area contributed by atoms with Gasteiger partial charge in [-0.05, 0) is 44.1 Å². The molecule has 0 saturated heterocycles. The molecule has 0 aromatic rings. The van der Waals surface area contributed by atoms with E-state index in [1.165, 1.54) is 18.4 Å². The molecule has 1 nitrogen and oxygen atoms in total. The van der Waals surface area contributed by atoms with Crippen molar-refractivity contribution in [2.45, 2.75) is 52.9 Å². The second-order valence-corrected chi connectivity index (χ2v) is 5.23. The van der Waals surface area contributed by atoms with Crippen LogP contribution in [0.3, 0.4) is 0 Å². The van der Waals surface area contributed by atoms with Crippen molar-refractivity contribution in [1.82, 2.24) is 0 Å². The summed E-state index contributed by atoms with van der Waals surface area (Å²) in [6, 6.07) is 0. The fourth-order valence-electron chi connectivity index (χ4n) is 1.87. The molecule has 0 unspecified atom stereocenters. The minimum atomic E-state index is 0.167. The average Bonchev–Trinajstić information content (AvgIpc) is 2.15. The monoisotopic (exact) mass is 206 g/mol. The minimum Gasteiger partial charge on any atom is -0.295 e. The van der Waals surface area contributed by atoms with Crippen molar-refractivity contribution in [3.05, 3.63) is 23.8 Å². The molecule has 0 aromatic heterocycles. The maximum Gasteiger partial charge on any atom is 0.155 e. The van der Waals surface area contributed by atoms with E-state index in [2.05, 4.69) is 32.9 Å². The molecule has 0 spiro atoms. The van der Waals surface area contributed by atoms with E-state index in [0.29, 0.717) is 6.42 Å². The highest BCUT2D eigenvalue weighted by Gasteiger charge is 2.14. The fraction of sp³-hybridized carbons (Fsp3) is 0.643. The summed E-state index contributed by atoms with van der Waals surface area (Å²) in [5.41, 5.74) is 1.60. The van der Waals surface area contributed by atoms with Crippen molar-refractivity contribution in [2.24, 2.45) is 5.41 Å². The molecular weight excluding hydrogens is 184 g/mol. The van der Waals surface area contributed by atoms with Gasteiger partial charge in [-0.1, -0.05) is 31.6 Å². The second-order valence-electron chi connectivity index (χ2n) is 5.23. The van der Waals surface area contributed by atoms with Crippen LogP contribution in [0.15, 0.2) is 23.8 Å². The zero-order valence-electron chi connectivity index (χ0n) is 10.2. The van der Waals surface area contributed by atoms with Crippen molar-refractivity contribution in [2.75, 3.05) is 0 Å². The third kappa shape index (κ3) is 4.96. The molecule has 0 bridgehead atoms. The Balaban J connectivity index is 2.71. The molecule has 0 saturated carbocycles. The Hall–Kier alpha value is -0.850. The van der Waals surface area contributed by atoms with Crippen LogP contribution in [0.1, 0.15) is 52.9 Å². The van der Waals surface area contributed by atoms with Crippen LogP contribution in [-0.4, -0.2) is 5.78 Å². The van der Waals surface area contributed by atoms with Crippen LogP contribution in [0.5, 0.6) is 0 Å². The van der Waals surface area contributed by atoms with E-state index >= 15 is 0 Å². The number of hydrogen-bond acceptors (Lipinski definition) is 1. The summed E-state index contributed by atoms with van der Waals surface area (Å²) < 4.78 is 0. The first-order chi connectivity index (χ1) is 6.99. The van der Waals surface area contributed by atoms with Gasteiger partial charge in [0, 0.05) is 6.42 Å². The van der Waals surface area contributed by atoms with Crippen LogP contribution < -0.4 is 0 Å². The van der Waals surface area contributed by atoms with E-state index in [1.807, 2.05) is 0 Å². The normalized spacial score (nSPS) is 23.1. The van der Waals surface area contributed by atoms with Crippen LogP contribution in [0, 0.1) is 5.41 Å². The zero-order chi connectivity index (χ0) is 11.3. The number of ketones is 1. The SMILES string of the molecule is CC1=CCCC(=O)C=CC(C)(C)CCC1. The van der Waals surface area contributed by atoms with Gasteiger partial charge in [0.05, 0.1) is 0 Å². The highest BCUT2D eigenvalue weighted by molar-refractivity contribution is 5.89. The van der Waals surface area contributed by atoms with Gasteiger partial charge in [-0.2, -0.15) is 0 Å². The number of allylic oxidation sites excluding steroid dienone is 4. The highest BCUT2D eigenvalue weighted by atomic mass is 16.1. The summed E-state index contributed by atoms with van der Waals surface area (Å²) in [6.07, 6.45) is 11.2. The third-order valence-corrected chi connectivity index (χ3v) is 3.00. The van der Waals surface area contributed by atoms with Gasteiger partial charge in [-0.3, -0.25) is 4.79 Å². The lowest BCUT2D eigenvalue weighted by Gasteiger charge is -2.19. The smallest absolute Gasteiger partial charge is 0.155 e. The predicted octanol–water partition coefficient (Wildman–Crippen LogP) is 4.05. The molecule has 0 fully saturated rings. The first kappa shape index (κ1) is 12.2. The predicted molar refractivity (Wildman–Crippen MR) is 64.8 cm³/mol. The van der Waals surface area contributed by atoms with Crippen LogP contribution >= 0.6 is 0 Å². The lowest BCUT2D eigenvalue weighted by Crippen LogP contribution is -2.07. The van der Waals surface area contributed by atoms with Crippen LogP contribution in [0.25, 0.3) is 0 Å². The average molecular weight is 206 g/mol. The number of hydrogen-bond donors (Lipinski definition) is 0. The Kier molecular flexibility index (Phi) is 4.31. The van der Waals surface area contributed by atoms with E-state index < -0.39 is 0 Å². The van der Waals surface area contributed by atoms with Crippen molar-refractivity contribution in [1.29, 1.82) is 0 Å². The van der Waals surface area contributed by atoms with E-state index in [4.69, 9.17) is 0 Å². The highest BCUT2D eigenvalue weighted by Crippen LogP contribution is 2.26. The molecule has 1 rings (SSSR count). The largest absolute Gasteiger partial charge is 0.295 e. The summed E-state index contributed by atoms with van der Waals surface area (Å²) in [5, 5.41) is 0. The molecule has 0 aromatic carbocycles. The van der Waals surface area contributed by atoms with Gasteiger partial charge in [0.2, 0.25) is 0 Å². The standard InChI is InChI=1S/C14H22O/c1-12-6-4-8-13(15)9-11-14(2,3)10-5-7-12/h6,9,11H,4-5,7-8,10H2,1-3H3. The zero-order valence-corrected chi connectivity index (χ0v) is 10.2. The minimum absolute atomic E-state index is 0.167. The fourth-order valence-corrected chi connectivity index (χ4v) is 1.87. The summed E-state index contributed by atoms with van der Waals surface area (Å²) in [6.45, 7) is 6.57. The number of carbonyl (C=O) groups is 1. The van der Waals surface area contributed by atoms with Gasteiger partial charge in [-0.25, -0.2) is 0 Å². The molecule has 0 atom stereocenters. The Labute approximate surface area is 93.3 Å².